The molecule has 0 aromatic carbocycles. The van der Waals surface area contributed by atoms with E-state index in [9.17, 15) is 4.79 Å². The number of carbonyl (C=O) groups is 1. The van der Waals surface area contributed by atoms with Gasteiger partial charge in [0.1, 0.15) is 0 Å². The third kappa shape index (κ3) is 2.21. The summed E-state index contributed by atoms with van der Waals surface area (Å²) in [6, 6.07) is 0. The molecule has 2 rings (SSSR count). The highest BCUT2D eigenvalue weighted by molar-refractivity contribution is 5.78. The van der Waals surface area contributed by atoms with Crippen molar-refractivity contribution in [3.63, 3.8) is 0 Å². The molecule has 0 saturated carbocycles. The highest BCUT2D eigenvalue weighted by atomic mass is 16.2. The number of likely N-dealkylation sites (tertiary alicyclic amines) is 1. The standard InChI is InChI=1S/C10H18N2O/c13-10-4-2-6-12(10)8-9-3-1-5-11-7-9/h9,11H,1-8H2/t9-/m0/s1. The molecule has 0 aliphatic carbocycles. The SMILES string of the molecule is O=C1CCCN1C[C@H]1CCCNC1. The van der Waals surface area contributed by atoms with Gasteiger partial charge in [-0.2, -0.15) is 0 Å². The fourth-order valence-electron chi connectivity index (χ4n) is 2.29. The van der Waals surface area contributed by atoms with E-state index in [2.05, 4.69) is 5.32 Å². The minimum atomic E-state index is 0.366. The molecule has 2 aliphatic rings. The lowest BCUT2D eigenvalue weighted by molar-refractivity contribution is -0.128. The predicted octanol–water partition coefficient (Wildman–Crippen LogP) is 0.608. The normalized spacial score (nSPS) is 29.7. The van der Waals surface area contributed by atoms with E-state index in [1.165, 1.54) is 12.8 Å². The molecule has 2 aliphatic heterocycles. The number of amides is 1. The van der Waals surface area contributed by atoms with E-state index in [-0.39, 0.29) is 0 Å². The smallest absolute Gasteiger partial charge is 0.222 e. The molecular formula is C10H18N2O. The molecule has 2 saturated heterocycles. The highest BCUT2D eigenvalue weighted by Crippen LogP contribution is 2.16. The second kappa shape index (κ2) is 4.09. The summed E-state index contributed by atoms with van der Waals surface area (Å²) in [6.45, 7) is 4.25. The van der Waals surface area contributed by atoms with E-state index in [1.54, 1.807) is 0 Å². The molecule has 0 aromatic rings. The molecule has 2 fully saturated rings. The topological polar surface area (TPSA) is 32.3 Å². The maximum Gasteiger partial charge on any atom is 0.222 e. The van der Waals surface area contributed by atoms with Crippen LogP contribution in [0.3, 0.4) is 0 Å². The van der Waals surface area contributed by atoms with E-state index < -0.39 is 0 Å². The molecule has 0 aromatic heterocycles. The van der Waals surface area contributed by atoms with Crippen LogP contribution in [0.2, 0.25) is 0 Å². The second-order valence-corrected chi connectivity index (χ2v) is 4.16. The molecule has 74 valence electrons. The summed E-state index contributed by atoms with van der Waals surface area (Å²) in [4.78, 5) is 13.4. The molecule has 1 atom stereocenters. The van der Waals surface area contributed by atoms with Crippen LogP contribution in [0.1, 0.15) is 25.7 Å². The van der Waals surface area contributed by atoms with Gasteiger partial charge in [-0.05, 0) is 38.3 Å². The first-order chi connectivity index (χ1) is 6.36. The molecule has 2 heterocycles. The van der Waals surface area contributed by atoms with Crippen molar-refractivity contribution in [2.45, 2.75) is 25.7 Å². The number of hydrogen-bond acceptors (Lipinski definition) is 2. The Balaban J connectivity index is 1.79. The number of carbonyl (C=O) groups excluding carboxylic acids is 1. The van der Waals surface area contributed by atoms with Gasteiger partial charge >= 0.3 is 0 Å². The van der Waals surface area contributed by atoms with Crippen molar-refractivity contribution in [3.05, 3.63) is 0 Å². The molecule has 0 bridgehead atoms. The number of piperidine rings is 1. The Hall–Kier alpha value is -0.570. The van der Waals surface area contributed by atoms with E-state index in [1.807, 2.05) is 4.90 Å². The van der Waals surface area contributed by atoms with Crippen LogP contribution in [0, 0.1) is 5.92 Å². The van der Waals surface area contributed by atoms with Crippen molar-refractivity contribution in [3.8, 4) is 0 Å². The van der Waals surface area contributed by atoms with Crippen LogP contribution in [0.15, 0.2) is 0 Å². The molecule has 0 unspecified atom stereocenters. The van der Waals surface area contributed by atoms with E-state index in [4.69, 9.17) is 0 Å². The van der Waals surface area contributed by atoms with Crippen LogP contribution < -0.4 is 5.32 Å². The number of nitrogens with one attached hydrogen (secondary N) is 1. The van der Waals surface area contributed by atoms with Gasteiger partial charge in [-0.15, -0.1) is 0 Å². The van der Waals surface area contributed by atoms with Gasteiger partial charge in [-0.25, -0.2) is 0 Å². The van der Waals surface area contributed by atoms with Crippen molar-refractivity contribution in [1.29, 1.82) is 0 Å². The van der Waals surface area contributed by atoms with E-state index in [0.29, 0.717) is 11.8 Å². The molecule has 0 radical (unpaired) electrons. The molecule has 1 amide bonds. The number of nitrogens with zero attached hydrogens (tertiary/aromatic N) is 1. The van der Waals surface area contributed by atoms with Crippen molar-refractivity contribution >= 4 is 5.91 Å². The Morgan fingerprint density at radius 3 is 3.00 bits per heavy atom. The second-order valence-electron chi connectivity index (χ2n) is 4.16. The summed E-state index contributed by atoms with van der Waals surface area (Å²) < 4.78 is 0. The van der Waals surface area contributed by atoms with Crippen LogP contribution in [0.4, 0.5) is 0 Å². The van der Waals surface area contributed by atoms with Gasteiger partial charge in [0.15, 0.2) is 0 Å². The summed E-state index contributed by atoms with van der Waals surface area (Å²) in [5.41, 5.74) is 0. The van der Waals surface area contributed by atoms with Crippen molar-refractivity contribution in [2.24, 2.45) is 5.92 Å². The molecule has 0 spiro atoms. The molecule has 3 heteroatoms. The first kappa shape index (κ1) is 9.00. The minimum Gasteiger partial charge on any atom is -0.342 e. The summed E-state index contributed by atoms with van der Waals surface area (Å²) >= 11 is 0. The Labute approximate surface area is 79.5 Å². The zero-order chi connectivity index (χ0) is 9.10. The van der Waals surface area contributed by atoms with Crippen LogP contribution >= 0.6 is 0 Å². The average molecular weight is 182 g/mol. The van der Waals surface area contributed by atoms with Crippen LogP contribution in [-0.2, 0) is 4.79 Å². The molecule has 13 heavy (non-hydrogen) atoms. The molecular weight excluding hydrogens is 164 g/mol. The summed E-state index contributed by atoms with van der Waals surface area (Å²) in [6.07, 6.45) is 4.41. The van der Waals surface area contributed by atoms with Gasteiger partial charge in [0.2, 0.25) is 5.91 Å². The van der Waals surface area contributed by atoms with Crippen molar-refractivity contribution in [1.82, 2.24) is 10.2 Å². The summed E-state index contributed by atoms with van der Waals surface area (Å²) in [5.74, 6) is 1.07. The largest absolute Gasteiger partial charge is 0.342 e. The average Bonchev–Trinajstić information content (AvgIpc) is 2.54. The lowest BCUT2D eigenvalue weighted by Gasteiger charge is -2.27. The zero-order valence-electron chi connectivity index (χ0n) is 8.09. The Morgan fingerprint density at radius 1 is 1.46 bits per heavy atom. The fraction of sp³-hybridized carbons (Fsp3) is 0.900. The monoisotopic (exact) mass is 182 g/mol. The first-order valence-corrected chi connectivity index (χ1v) is 5.35. The third-order valence-corrected chi connectivity index (χ3v) is 3.05. The predicted molar refractivity (Wildman–Crippen MR) is 51.4 cm³/mol. The minimum absolute atomic E-state index is 0.366. The van der Waals surface area contributed by atoms with E-state index >= 15 is 0 Å². The first-order valence-electron chi connectivity index (χ1n) is 5.35. The Morgan fingerprint density at radius 2 is 2.38 bits per heavy atom. The van der Waals surface area contributed by atoms with Crippen molar-refractivity contribution in [2.75, 3.05) is 26.2 Å². The van der Waals surface area contributed by atoms with Gasteiger partial charge < -0.3 is 10.2 Å². The van der Waals surface area contributed by atoms with Gasteiger partial charge in [0.25, 0.3) is 0 Å². The number of rotatable bonds is 2. The molecule has 3 nitrogen and oxygen atoms in total. The zero-order valence-corrected chi connectivity index (χ0v) is 8.09. The Bertz CT molecular complexity index is 187. The van der Waals surface area contributed by atoms with Crippen molar-refractivity contribution < 1.29 is 4.79 Å². The highest BCUT2D eigenvalue weighted by Gasteiger charge is 2.23. The third-order valence-electron chi connectivity index (χ3n) is 3.05. The quantitative estimate of drug-likeness (QED) is 0.678. The van der Waals surface area contributed by atoms with Crippen LogP contribution in [0.5, 0.6) is 0 Å². The lowest BCUT2D eigenvalue weighted by Crippen LogP contribution is -2.38. The van der Waals surface area contributed by atoms with E-state index in [0.717, 1.165) is 39.0 Å². The number of hydrogen-bond donors (Lipinski definition) is 1. The van der Waals surface area contributed by atoms with Crippen LogP contribution in [0.25, 0.3) is 0 Å². The molecule has 1 N–H and O–H groups in total. The maximum atomic E-state index is 11.4. The maximum absolute atomic E-state index is 11.4. The Kier molecular flexibility index (Phi) is 2.83. The summed E-state index contributed by atoms with van der Waals surface area (Å²) in [5, 5.41) is 3.39. The van der Waals surface area contributed by atoms with Gasteiger partial charge in [0, 0.05) is 19.5 Å². The van der Waals surface area contributed by atoms with Gasteiger partial charge in [-0.3, -0.25) is 4.79 Å². The van der Waals surface area contributed by atoms with Gasteiger partial charge in [-0.1, -0.05) is 0 Å². The fourth-order valence-corrected chi connectivity index (χ4v) is 2.29. The summed E-state index contributed by atoms with van der Waals surface area (Å²) in [7, 11) is 0. The van der Waals surface area contributed by atoms with Crippen LogP contribution in [-0.4, -0.2) is 37.0 Å². The lowest BCUT2D eigenvalue weighted by atomic mass is 9.99. The van der Waals surface area contributed by atoms with Gasteiger partial charge in [0.05, 0.1) is 0 Å².